The van der Waals surface area contributed by atoms with Crippen molar-refractivity contribution >= 4 is 18.6 Å². The number of rotatable bonds is 16. The molecule has 6 nitrogen and oxygen atoms in total. The van der Waals surface area contributed by atoms with Crippen LogP contribution in [-0.2, 0) is 23.1 Å². The zero-order valence-corrected chi connectivity index (χ0v) is 26.9. The van der Waals surface area contributed by atoms with Crippen LogP contribution in [0, 0.1) is 0 Å². The Labute approximate surface area is 299 Å². The molecule has 0 aromatic heterocycles. The van der Waals surface area contributed by atoms with Gasteiger partial charge in [0.1, 0.15) is 0 Å². The minimum atomic E-state index is -12.0. The molecule has 0 aromatic rings. The van der Waals surface area contributed by atoms with Crippen LogP contribution in [0.15, 0.2) is 0 Å². The predicted octanol–water partition coefficient (Wildman–Crippen LogP) is 10.1. The summed E-state index contributed by atoms with van der Waals surface area (Å²) >= 11 is 0. The largest absolute Gasteiger partial charge is 0.583 e. The first kappa shape index (κ1) is 57.5. The second-order valence-corrected chi connectivity index (χ2v) is 15.0. The second-order valence-electron chi connectivity index (χ2n) is 10.1. The number of alkyl halides is 36. The van der Waals surface area contributed by atoms with Gasteiger partial charge < -0.3 is 0 Å². The van der Waals surface area contributed by atoms with Crippen molar-refractivity contribution in [3.05, 3.63) is 0 Å². The fourth-order valence-electron chi connectivity index (χ4n) is 3.29. The summed E-state index contributed by atoms with van der Waals surface area (Å²) < 4.78 is 504. The summed E-state index contributed by atoms with van der Waals surface area (Å²) in [5.74, 6) is -70.3. The van der Waals surface area contributed by atoms with Gasteiger partial charge in [0.25, 0.3) is 9.84 Å². The highest BCUT2D eigenvalue weighted by molar-refractivity contribution is 7.95. The van der Waals surface area contributed by atoms with Crippen LogP contribution in [0.25, 0.3) is 0 Å². The van der Waals surface area contributed by atoms with E-state index in [1.165, 1.54) is 0 Å². The molecule has 0 spiro atoms. The van der Waals surface area contributed by atoms with E-state index in [0.29, 0.717) is 0 Å². The fraction of sp³-hybridized carbons (Fsp3) is 1.00. The van der Waals surface area contributed by atoms with Crippen molar-refractivity contribution in [1.29, 1.82) is 0 Å². The van der Waals surface area contributed by atoms with Crippen LogP contribution in [0.1, 0.15) is 0 Å². The molecule has 0 bridgehead atoms. The lowest BCUT2D eigenvalue weighted by Gasteiger charge is -2.47. The first-order chi connectivity index (χ1) is 25.1. The van der Waals surface area contributed by atoms with Crippen LogP contribution in [0.4, 0.5) is 158 Å². The van der Waals surface area contributed by atoms with Gasteiger partial charge in [0.2, 0.25) is 0 Å². The summed E-state index contributed by atoms with van der Waals surface area (Å²) in [4.78, 5) is 0. The van der Waals surface area contributed by atoms with Gasteiger partial charge in [-0.2, -0.15) is 119 Å². The van der Waals surface area contributed by atoms with Gasteiger partial charge >= 0.3 is 104 Å². The Kier molecular flexibility index (Phi) is 13.9. The van der Waals surface area contributed by atoms with E-state index >= 15 is 13.2 Å². The Morgan fingerprint density at radius 3 is 0.800 bits per heavy atom. The summed E-state index contributed by atoms with van der Waals surface area (Å²) in [6.07, 6.45) is -42.3. The first-order valence-electron chi connectivity index (χ1n) is 12.0. The number of halogens is 36. The third-order valence-electron chi connectivity index (χ3n) is 6.01. The molecule has 0 fully saturated rings. The van der Waals surface area contributed by atoms with Gasteiger partial charge in [-0.1, -0.05) is 0 Å². The molecule has 0 saturated heterocycles. The smallest absolute Gasteiger partial charge is 0.281 e. The van der Waals surface area contributed by atoms with Crippen LogP contribution in [0.2, 0.25) is 0 Å². The molecule has 0 rings (SSSR count). The first-order valence-corrected chi connectivity index (χ1v) is 15.2. The maximum atomic E-state index is 16.1. The maximum absolute atomic E-state index is 16.1. The molecule has 0 aliphatic rings. The summed E-state index contributed by atoms with van der Waals surface area (Å²) in [5.41, 5.74) is 0. The van der Waals surface area contributed by atoms with E-state index in [9.17, 15) is 153 Å². The molecule has 1 unspecified atom stereocenters. The maximum Gasteiger partial charge on any atom is 0.583 e. The van der Waals surface area contributed by atoms with Crippen LogP contribution < -0.4 is 5.32 Å². The Hall–Kier alpha value is -2.51. The van der Waals surface area contributed by atoms with E-state index in [0.717, 1.165) is 13.3 Å². The standard InChI is InChI=1S/C16HF36NO5SSi/c17-1(18,3(21,22)5(25,26)8(31,32)33)2(19,20)4(23,24)6(27,28)12(41,42)59(54,55)13(43,7(29,30)10(37,38)53-11(39,40)9(34,35)36)60(56-14(44,45)46,57-15(47,48)49)58-16(50,51)52/h53H. The monoisotopic (exact) mass is 1030 g/mol. The van der Waals surface area contributed by atoms with E-state index in [-0.39, 0.29) is 0 Å². The minimum Gasteiger partial charge on any atom is -0.281 e. The molecule has 44 heteroatoms. The quantitative estimate of drug-likeness (QED) is 0.0944. The Morgan fingerprint density at radius 1 is 0.317 bits per heavy atom. The lowest BCUT2D eigenvalue weighted by Crippen LogP contribution is -2.84. The summed E-state index contributed by atoms with van der Waals surface area (Å²) in [5, 5.41) is -13.2. The van der Waals surface area contributed by atoms with Gasteiger partial charge in [-0.25, -0.2) is 12.8 Å². The summed E-state index contributed by atoms with van der Waals surface area (Å²) in [6, 6.07) is -17.7. The third-order valence-corrected chi connectivity index (χ3v) is 12.1. The molecule has 0 aliphatic heterocycles. The Bertz CT molecular complexity index is 1610. The summed E-state index contributed by atoms with van der Waals surface area (Å²) in [6.45, 7) is 0. The minimum absolute atomic E-state index is 1.06. The van der Waals surface area contributed by atoms with E-state index < -0.39 is 119 Å². The van der Waals surface area contributed by atoms with Crippen molar-refractivity contribution in [3.8, 4) is 0 Å². The molecule has 0 aromatic carbocycles. The molecule has 0 radical (unpaired) electrons. The predicted molar refractivity (Wildman–Crippen MR) is 105 cm³/mol. The van der Waals surface area contributed by atoms with Crippen molar-refractivity contribution in [2.45, 2.75) is 94.9 Å². The van der Waals surface area contributed by atoms with Crippen LogP contribution in [0.5, 0.6) is 0 Å². The molecule has 60 heavy (non-hydrogen) atoms. The highest BCUT2D eigenvalue weighted by Crippen LogP contribution is 2.67. The summed E-state index contributed by atoms with van der Waals surface area (Å²) in [7, 11) is -24.0. The molecule has 362 valence electrons. The molecular formula is C16HF36NO5SSi. The molecule has 1 N–H and O–H groups in total. The van der Waals surface area contributed by atoms with Gasteiger partial charge in [-0.15, -0.1) is 39.5 Å². The topological polar surface area (TPSA) is 73.9 Å². The van der Waals surface area contributed by atoms with E-state index in [1.807, 2.05) is 0 Å². The molecule has 0 heterocycles. The zero-order chi connectivity index (χ0) is 49.8. The second kappa shape index (κ2) is 14.5. The van der Waals surface area contributed by atoms with Crippen LogP contribution >= 0.6 is 0 Å². The SMILES string of the molecule is O=S(=O)(C(F)(F)C(F)(F)C(F)(F)C(F)(F)C(F)(F)C(F)(F)C(F)(F)C(F)(F)F)C(F)(C(F)(F)C(F)(F)NC(F)(F)C(F)(F)F)[Si](OC(F)(F)F)(OC(F)(F)F)OC(F)(F)F. The molecule has 0 saturated carbocycles. The van der Waals surface area contributed by atoms with Gasteiger partial charge in [0.15, 0.2) is 0 Å². The highest BCUT2D eigenvalue weighted by Gasteiger charge is 3.01. The van der Waals surface area contributed by atoms with Crippen molar-refractivity contribution < 1.29 is 180 Å². The van der Waals surface area contributed by atoms with E-state index in [4.69, 9.17) is 0 Å². The van der Waals surface area contributed by atoms with Crippen molar-refractivity contribution in [2.24, 2.45) is 0 Å². The van der Waals surface area contributed by atoms with Crippen molar-refractivity contribution in [2.75, 3.05) is 0 Å². The molecule has 1 atom stereocenters. The van der Waals surface area contributed by atoms with Gasteiger partial charge in [-0.05, 0) is 0 Å². The number of nitrogens with one attached hydrogen (secondary N) is 1. The van der Waals surface area contributed by atoms with E-state index in [2.05, 4.69) is 0 Å². The Balaban J connectivity index is 9.29. The zero-order valence-electron chi connectivity index (χ0n) is 25.1. The lowest BCUT2D eigenvalue weighted by molar-refractivity contribution is -0.458. The number of sulfone groups is 1. The van der Waals surface area contributed by atoms with Gasteiger partial charge in [-0.3, -0.25) is 13.3 Å². The van der Waals surface area contributed by atoms with Crippen molar-refractivity contribution in [1.82, 2.24) is 5.32 Å². The fourth-order valence-corrected chi connectivity index (χ4v) is 8.62. The number of hydrogen-bond donors (Lipinski definition) is 1. The van der Waals surface area contributed by atoms with Crippen LogP contribution in [-0.4, -0.2) is 112 Å². The molecular weight excluding hydrogens is 1030 g/mol. The van der Waals surface area contributed by atoms with Gasteiger partial charge in [0, 0.05) is 0 Å². The lowest BCUT2D eigenvalue weighted by atomic mass is 9.91. The van der Waals surface area contributed by atoms with E-state index in [1.54, 1.807) is 0 Å². The average molecular weight is 1030 g/mol. The third kappa shape index (κ3) is 8.59. The van der Waals surface area contributed by atoms with Crippen molar-refractivity contribution in [3.63, 3.8) is 0 Å². The molecule has 0 amide bonds. The Morgan fingerprint density at radius 2 is 0.567 bits per heavy atom. The van der Waals surface area contributed by atoms with Gasteiger partial charge in [0.05, 0.1) is 0 Å². The average Bonchev–Trinajstić information content (AvgIpc) is 2.90. The molecule has 0 aliphatic carbocycles. The number of hydrogen-bond acceptors (Lipinski definition) is 6. The van der Waals surface area contributed by atoms with Crippen LogP contribution in [0.3, 0.4) is 0 Å². The highest BCUT2D eigenvalue weighted by atomic mass is 32.2. The normalized spacial score (nSPS) is 17.9.